The highest BCUT2D eigenvalue weighted by atomic mass is 19.2. The molecule has 0 aromatic heterocycles. The zero-order valence-corrected chi connectivity index (χ0v) is 25.3. The molecule has 1 heterocycles. The second kappa shape index (κ2) is 15.1. The summed E-state index contributed by atoms with van der Waals surface area (Å²) in [6, 6.07) is 9.58. The predicted octanol–water partition coefficient (Wildman–Crippen LogP) is 6.18. The Morgan fingerprint density at radius 1 is 1.07 bits per heavy atom. The average Bonchev–Trinajstić information content (AvgIpc) is 3.37. The van der Waals surface area contributed by atoms with E-state index in [1.807, 2.05) is 26.8 Å². The Hall–Kier alpha value is -3.11. The van der Waals surface area contributed by atoms with E-state index in [4.69, 9.17) is 4.74 Å². The van der Waals surface area contributed by atoms with Gasteiger partial charge in [-0.15, -0.1) is 0 Å². The van der Waals surface area contributed by atoms with E-state index in [2.05, 4.69) is 10.2 Å². The SMILES string of the molecule is CCCN(C(=O)OCc1ccc(F)c(F)c1)C1CCN(C[C@H]2CC(N[C@@H](C(=O)O)C(C)C)C[C@@H]2c2cccc(F)c2)CC1. The summed E-state index contributed by atoms with van der Waals surface area (Å²) in [5, 5.41) is 13.1. The van der Waals surface area contributed by atoms with Gasteiger partial charge < -0.3 is 25.0 Å². The molecular weight excluding hydrogens is 559 g/mol. The molecule has 4 rings (SSSR count). The molecule has 1 saturated heterocycles. The number of likely N-dealkylation sites (tertiary alicyclic amines) is 1. The molecule has 236 valence electrons. The van der Waals surface area contributed by atoms with Gasteiger partial charge in [0.05, 0.1) is 0 Å². The fourth-order valence-electron chi connectivity index (χ4n) is 6.68. The second-order valence-corrected chi connectivity index (χ2v) is 12.3. The summed E-state index contributed by atoms with van der Waals surface area (Å²) in [6.45, 7) is 8.58. The van der Waals surface area contributed by atoms with Crippen LogP contribution < -0.4 is 5.32 Å². The maximum Gasteiger partial charge on any atom is 0.410 e. The first-order valence-corrected chi connectivity index (χ1v) is 15.4. The third-order valence-electron chi connectivity index (χ3n) is 8.86. The third-order valence-corrected chi connectivity index (χ3v) is 8.86. The van der Waals surface area contributed by atoms with E-state index in [0.29, 0.717) is 12.1 Å². The molecule has 2 aliphatic rings. The van der Waals surface area contributed by atoms with Crippen LogP contribution in [0.25, 0.3) is 0 Å². The third kappa shape index (κ3) is 8.72. The van der Waals surface area contributed by atoms with Crippen LogP contribution in [0.2, 0.25) is 0 Å². The first-order valence-electron chi connectivity index (χ1n) is 15.4. The van der Waals surface area contributed by atoms with Crippen molar-refractivity contribution in [1.29, 1.82) is 0 Å². The summed E-state index contributed by atoms with van der Waals surface area (Å²) in [7, 11) is 0. The smallest absolute Gasteiger partial charge is 0.410 e. The zero-order valence-electron chi connectivity index (χ0n) is 25.3. The largest absolute Gasteiger partial charge is 0.480 e. The van der Waals surface area contributed by atoms with Crippen LogP contribution in [0.1, 0.15) is 69.9 Å². The number of nitrogens with zero attached hydrogens (tertiary/aromatic N) is 2. The Morgan fingerprint density at radius 3 is 2.44 bits per heavy atom. The first kappa shape index (κ1) is 32.8. The quantitative estimate of drug-likeness (QED) is 0.302. The first-order chi connectivity index (χ1) is 20.5. The van der Waals surface area contributed by atoms with Crippen LogP contribution in [0.15, 0.2) is 42.5 Å². The summed E-state index contributed by atoms with van der Waals surface area (Å²) < 4.78 is 46.5. The number of nitrogens with one attached hydrogen (secondary N) is 1. The lowest BCUT2D eigenvalue weighted by Gasteiger charge is -2.39. The maximum absolute atomic E-state index is 14.2. The number of benzene rings is 2. The molecule has 0 radical (unpaired) electrons. The van der Waals surface area contributed by atoms with Crippen molar-refractivity contribution in [3.8, 4) is 0 Å². The molecule has 1 saturated carbocycles. The van der Waals surface area contributed by atoms with E-state index < -0.39 is 29.7 Å². The van der Waals surface area contributed by atoms with Gasteiger partial charge in [0.15, 0.2) is 11.6 Å². The molecule has 43 heavy (non-hydrogen) atoms. The Labute approximate surface area is 252 Å². The van der Waals surface area contributed by atoms with Gasteiger partial charge in [-0.25, -0.2) is 18.0 Å². The Bertz CT molecular complexity index is 1240. The highest BCUT2D eigenvalue weighted by Gasteiger charge is 2.39. The van der Waals surface area contributed by atoms with Gasteiger partial charge in [0.2, 0.25) is 0 Å². The number of ether oxygens (including phenoxy) is 1. The number of carboxylic acids is 1. The van der Waals surface area contributed by atoms with Gasteiger partial charge in [-0.05, 0) is 85.3 Å². The van der Waals surface area contributed by atoms with Crippen molar-refractivity contribution in [2.24, 2.45) is 11.8 Å². The van der Waals surface area contributed by atoms with Crippen LogP contribution >= 0.6 is 0 Å². The molecule has 1 aliphatic carbocycles. The summed E-state index contributed by atoms with van der Waals surface area (Å²) in [5.41, 5.74) is 1.33. The molecular formula is C33H44F3N3O4. The van der Waals surface area contributed by atoms with E-state index >= 15 is 0 Å². The second-order valence-electron chi connectivity index (χ2n) is 12.3. The number of carbonyl (C=O) groups excluding carboxylic acids is 1. The highest BCUT2D eigenvalue weighted by molar-refractivity contribution is 5.73. The normalized spacial score (nSPS) is 22.1. The van der Waals surface area contributed by atoms with Gasteiger partial charge in [-0.2, -0.15) is 0 Å². The minimum absolute atomic E-state index is 0.00744. The van der Waals surface area contributed by atoms with Crippen LogP contribution in [-0.2, 0) is 16.1 Å². The number of aliphatic carboxylic acids is 1. The lowest BCUT2D eigenvalue weighted by molar-refractivity contribution is -0.140. The van der Waals surface area contributed by atoms with Crippen molar-refractivity contribution in [1.82, 2.24) is 15.1 Å². The van der Waals surface area contributed by atoms with Crippen molar-refractivity contribution in [3.63, 3.8) is 0 Å². The van der Waals surface area contributed by atoms with Crippen LogP contribution in [0.3, 0.4) is 0 Å². The van der Waals surface area contributed by atoms with Gasteiger partial charge in [0, 0.05) is 38.3 Å². The van der Waals surface area contributed by atoms with Crippen molar-refractivity contribution < 1.29 is 32.6 Å². The van der Waals surface area contributed by atoms with E-state index in [-0.39, 0.29) is 42.3 Å². The van der Waals surface area contributed by atoms with E-state index in [0.717, 1.165) is 69.4 Å². The molecule has 1 unspecified atom stereocenters. The number of amides is 1. The molecule has 0 spiro atoms. The van der Waals surface area contributed by atoms with Gasteiger partial charge in [-0.1, -0.05) is 39.0 Å². The molecule has 2 fully saturated rings. The van der Waals surface area contributed by atoms with Gasteiger partial charge in [-0.3, -0.25) is 4.79 Å². The predicted molar refractivity (Wildman–Crippen MR) is 158 cm³/mol. The molecule has 2 N–H and O–H groups in total. The number of halogens is 3. The summed E-state index contributed by atoms with van der Waals surface area (Å²) in [6.07, 6.45) is 3.39. The number of carboxylic acid groups (broad SMARTS) is 1. The topological polar surface area (TPSA) is 82.1 Å². The molecule has 1 aliphatic heterocycles. The molecule has 0 bridgehead atoms. The standard InChI is InChI=1S/C33H44F3N3O4/c1-4-12-39(33(42)43-20-22-8-9-29(35)30(36)15-22)27-10-13-38(14-11-27)19-24-17-26(37-31(21(2)3)32(40)41)18-28(24)23-6-5-7-25(34)16-23/h5-9,15-16,21,24,26-28,31,37H,4,10-14,17-20H2,1-3H3,(H,40,41)/t24-,26?,28-,31-/m1/s1. The van der Waals surface area contributed by atoms with E-state index in [9.17, 15) is 27.9 Å². The van der Waals surface area contributed by atoms with Gasteiger partial charge >= 0.3 is 12.1 Å². The zero-order chi connectivity index (χ0) is 31.1. The molecule has 7 nitrogen and oxygen atoms in total. The average molecular weight is 604 g/mol. The number of hydrogen-bond donors (Lipinski definition) is 2. The van der Waals surface area contributed by atoms with E-state index in [1.54, 1.807) is 17.0 Å². The highest BCUT2D eigenvalue weighted by Crippen LogP contribution is 2.41. The molecule has 2 aromatic carbocycles. The minimum Gasteiger partial charge on any atom is -0.480 e. The summed E-state index contributed by atoms with van der Waals surface area (Å²) in [4.78, 5) is 29.0. The van der Waals surface area contributed by atoms with Crippen LogP contribution in [0.4, 0.5) is 18.0 Å². The van der Waals surface area contributed by atoms with Crippen LogP contribution in [-0.4, -0.2) is 71.3 Å². The van der Waals surface area contributed by atoms with Crippen LogP contribution in [0.5, 0.6) is 0 Å². The summed E-state index contributed by atoms with van der Waals surface area (Å²) in [5.74, 6) is -2.77. The lowest BCUT2D eigenvalue weighted by atomic mass is 9.88. The number of carbonyl (C=O) groups is 2. The monoisotopic (exact) mass is 603 g/mol. The number of piperidine rings is 1. The minimum atomic E-state index is -0.975. The maximum atomic E-state index is 14.2. The van der Waals surface area contributed by atoms with Crippen molar-refractivity contribution in [2.45, 2.75) is 83.5 Å². The number of hydrogen-bond acceptors (Lipinski definition) is 5. The Kier molecular flexibility index (Phi) is 11.5. The molecule has 4 atom stereocenters. The molecule has 1 amide bonds. The Morgan fingerprint density at radius 2 is 1.81 bits per heavy atom. The fourth-order valence-corrected chi connectivity index (χ4v) is 6.68. The van der Waals surface area contributed by atoms with Gasteiger partial charge in [0.1, 0.15) is 18.5 Å². The molecule has 10 heteroatoms. The summed E-state index contributed by atoms with van der Waals surface area (Å²) >= 11 is 0. The lowest BCUT2D eigenvalue weighted by Crippen LogP contribution is -2.49. The molecule has 2 aromatic rings. The van der Waals surface area contributed by atoms with E-state index in [1.165, 1.54) is 12.1 Å². The number of rotatable bonds is 12. The fraction of sp³-hybridized carbons (Fsp3) is 0.576. The van der Waals surface area contributed by atoms with Crippen molar-refractivity contribution in [2.75, 3.05) is 26.2 Å². The van der Waals surface area contributed by atoms with Crippen LogP contribution in [0, 0.1) is 29.3 Å². The van der Waals surface area contributed by atoms with Gasteiger partial charge in [0.25, 0.3) is 0 Å². The van der Waals surface area contributed by atoms with Crippen molar-refractivity contribution >= 4 is 12.1 Å². The Balaban J connectivity index is 1.37. The van der Waals surface area contributed by atoms with Crippen molar-refractivity contribution in [3.05, 3.63) is 71.0 Å².